The highest BCUT2D eigenvalue weighted by Crippen LogP contribution is 2.27. The van der Waals surface area contributed by atoms with Gasteiger partial charge in [0.05, 0.1) is 18.9 Å². The molecule has 0 amide bonds. The normalized spacial score (nSPS) is 21.1. The molecular formula is C12H16F2N2O3S. The number of morpholine rings is 1. The maximum atomic E-state index is 13.8. The third-order valence-corrected chi connectivity index (χ3v) is 5.25. The Bertz CT molecular complexity index is 607. The Balaban J connectivity index is 2.46. The van der Waals surface area contributed by atoms with E-state index in [4.69, 9.17) is 10.5 Å². The van der Waals surface area contributed by atoms with Crippen LogP contribution in [0, 0.1) is 11.6 Å². The molecule has 1 unspecified atom stereocenters. The van der Waals surface area contributed by atoms with Crippen LogP contribution >= 0.6 is 0 Å². The maximum absolute atomic E-state index is 13.8. The summed E-state index contributed by atoms with van der Waals surface area (Å²) in [5.41, 5.74) is 4.94. The predicted octanol–water partition coefficient (Wildman–Crippen LogP) is 1.35. The van der Waals surface area contributed by atoms with Crippen LogP contribution in [0.1, 0.15) is 13.3 Å². The molecule has 1 aromatic carbocycles. The van der Waals surface area contributed by atoms with Gasteiger partial charge in [-0.15, -0.1) is 0 Å². The molecule has 2 rings (SSSR count). The van der Waals surface area contributed by atoms with Crippen molar-refractivity contribution in [3.8, 4) is 0 Å². The standard InChI is InChI=1S/C12H16F2N2O3S/c1-2-8-7-19-4-3-16(8)20(17,18)12-6-11(15)9(13)5-10(12)14/h5-6,8H,2-4,7,15H2,1H3. The van der Waals surface area contributed by atoms with Gasteiger partial charge in [0.15, 0.2) is 0 Å². The number of benzene rings is 1. The lowest BCUT2D eigenvalue weighted by atomic mass is 10.2. The van der Waals surface area contributed by atoms with Crippen LogP contribution in [0.15, 0.2) is 17.0 Å². The van der Waals surface area contributed by atoms with E-state index in [1.165, 1.54) is 4.31 Å². The van der Waals surface area contributed by atoms with Gasteiger partial charge < -0.3 is 10.5 Å². The van der Waals surface area contributed by atoms with Gasteiger partial charge in [-0.25, -0.2) is 17.2 Å². The minimum Gasteiger partial charge on any atom is -0.396 e. The molecule has 1 fully saturated rings. The van der Waals surface area contributed by atoms with Crippen molar-refractivity contribution < 1.29 is 21.9 Å². The zero-order valence-electron chi connectivity index (χ0n) is 11.0. The second-order valence-electron chi connectivity index (χ2n) is 4.56. The number of nitrogens with two attached hydrogens (primary N) is 1. The molecule has 1 aromatic rings. The van der Waals surface area contributed by atoms with Gasteiger partial charge >= 0.3 is 0 Å². The first kappa shape index (κ1) is 15.1. The average molecular weight is 306 g/mol. The third kappa shape index (κ3) is 2.63. The molecule has 0 bridgehead atoms. The number of nitrogen functional groups attached to an aromatic ring is 1. The number of rotatable bonds is 3. The molecule has 112 valence electrons. The minimum absolute atomic E-state index is 0.136. The van der Waals surface area contributed by atoms with E-state index < -0.39 is 32.2 Å². The summed E-state index contributed by atoms with van der Waals surface area (Å²) in [6.45, 7) is 2.46. The molecule has 20 heavy (non-hydrogen) atoms. The highest BCUT2D eigenvalue weighted by atomic mass is 32.2. The Morgan fingerprint density at radius 3 is 2.75 bits per heavy atom. The molecule has 0 saturated carbocycles. The van der Waals surface area contributed by atoms with Gasteiger partial charge in [-0.3, -0.25) is 0 Å². The van der Waals surface area contributed by atoms with Gasteiger partial charge in [-0.1, -0.05) is 6.92 Å². The molecule has 0 spiro atoms. The van der Waals surface area contributed by atoms with Crippen molar-refractivity contribution in [3.05, 3.63) is 23.8 Å². The lowest BCUT2D eigenvalue weighted by Gasteiger charge is -2.34. The fraction of sp³-hybridized carbons (Fsp3) is 0.500. The van der Waals surface area contributed by atoms with E-state index in [9.17, 15) is 17.2 Å². The first-order valence-electron chi connectivity index (χ1n) is 6.22. The van der Waals surface area contributed by atoms with E-state index in [-0.39, 0.29) is 25.8 Å². The van der Waals surface area contributed by atoms with Crippen LogP contribution < -0.4 is 5.73 Å². The van der Waals surface area contributed by atoms with Crippen LogP contribution in [0.25, 0.3) is 0 Å². The summed E-state index contributed by atoms with van der Waals surface area (Å²) >= 11 is 0. The van der Waals surface area contributed by atoms with Gasteiger partial charge in [0.25, 0.3) is 0 Å². The van der Waals surface area contributed by atoms with Gasteiger partial charge in [0.2, 0.25) is 10.0 Å². The number of hydrogen-bond donors (Lipinski definition) is 1. The maximum Gasteiger partial charge on any atom is 0.246 e. The van der Waals surface area contributed by atoms with Crippen molar-refractivity contribution in [2.75, 3.05) is 25.5 Å². The predicted molar refractivity (Wildman–Crippen MR) is 69.6 cm³/mol. The zero-order chi connectivity index (χ0) is 14.9. The Hall–Kier alpha value is -1.25. The Morgan fingerprint density at radius 2 is 2.10 bits per heavy atom. The molecule has 2 N–H and O–H groups in total. The van der Waals surface area contributed by atoms with Crippen molar-refractivity contribution in [2.24, 2.45) is 0 Å². The molecular weight excluding hydrogens is 290 g/mol. The largest absolute Gasteiger partial charge is 0.396 e. The van der Waals surface area contributed by atoms with Gasteiger partial charge in [0.1, 0.15) is 16.5 Å². The smallest absolute Gasteiger partial charge is 0.246 e. The van der Waals surface area contributed by atoms with E-state index in [2.05, 4.69) is 0 Å². The van der Waals surface area contributed by atoms with Crippen LogP contribution in [-0.2, 0) is 14.8 Å². The van der Waals surface area contributed by atoms with Crippen LogP contribution in [0.2, 0.25) is 0 Å². The monoisotopic (exact) mass is 306 g/mol. The van der Waals surface area contributed by atoms with E-state index >= 15 is 0 Å². The molecule has 8 heteroatoms. The van der Waals surface area contributed by atoms with E-state index in [1.807, 2.05) is 6.92 Å². The number of ether oxygens (including phenoxy) is 1. The number of anilines is 1. The van der Waals surface area contributed by atoms with E-state index in [1.54, 1.807) is 0 Å². The highest BCUT2D eigenvalue weighted by Gasteiger charge is 2.35. The third-order valence-electron chi connectivity index (χ3n) is 3.28. The lowest BCUT2D eigenvalue weighted by Crippen LogP contribution is -2.48. The molecule has 1 aliphatic heterocycles. The van der Waals surface area contributed by atoms with Gasteiger partial charge in [-0.05, 0) is 12.5 Å². The summed E-state index contributed by atoms with van der Waals surface area (Å²) in [5, 5.41) is 0. The number of halogens is 2. The molecule has 0 aliphatic carbocycles. The first-order valence-corrected chi connectivity index (χ1v) is 7.66. The second kappa shape index (κ2) is 5.63. The van der Waals surface area contributed by atoms with Gasteiger partial charge in [-0.2, -0.15) is 4.31 Å². The van der Waals surface area contributed by atoms with Crippen LogP contribution in [0.5, 0.6) is 0 Å². The first-order chi connectivity index (χ1) is 9.37. The number of sulfonamides is 1. The summed E-state index contributed by atoms with van der Waals surface area (Å²) in [5.74, 6) is -2.12. The van der Waals surface area contributed by atoms with Crippen LogP contribution in [-0.4, -0.2) is 38.5 Å². The van der Waals surface area contributed by atoms with E-state index in [0.29, 0.717) is 12.5 Å². The molecule has 0 radical (unpaired) electrons. The van der Waals surface area contributed by atoms with Crippen molar-refractivity contribution in [1.29, 1.82) is 0 Å². The average Bonchev–Trinajstić information content (AvgIpc) is 2.42. The topological polar surface area (TPSA) is 72.6 Å². The summed E-state index contributed by atoms with van der Waals surface area (Å²) in [4.78, 5) is -0.600. The Kier molecular flexibility index (Phi) is 4.26. The van der Waals surface area contributed by atoms with Crippen LogP contribution in [0.4, 0.5) is 14.5 Å². The van der Waals surface area contributed by atoms with Crippen molar-refractivity contribution in [3.63, 3.8) is 0 Å². The number of nitrogens with zero attached hydrogens (tertiary/aromatic N) is 1. The molecule has 1 saturated heterocycles. The summed E-state index contributed by atoms with van der Waals surface area (Å²) in [6.07, 6.45) is 0.539. The van der Waals surface area contributed by atoms with Crippen LogP contribution in [0.3, 0.4) is 0 Å². The van der Waals surface area contributed by atoms with E-state index in [0.717, 1.165) is 6.07 Å². The quantitative estimate of drug-likeness (QED) is 0.856. The second-order valence-corrected chi connectivity index (χ2v) is 6.42. The zero-order valence-corrected chi connectivity index (χ0v) is 11.8. The lowest BCUT2D eigenvalue weighted by molar-refractivity contribution is 0.0313. The molecule has 5 nitrogen and oxygen atoms in total. The van der Waals surface area contributed by atoms with Gasteiger partial charge in [0, 0.05) is 18.7 Å². The molecule has 1 atom stereocenters. The highest BCUT2D eigenvalue weighted by molar-refractivity contribution is 7.89. The molecule has 0 aromatic heterocycles. The van der Waals surface area contributed by atoms with Crippen molar-refractivity contribution in [1.82, 2.24) is 4.31 Å². The minimum atomic E-state index is -4.06. The van der Waals surface area contributed by atoms with Crippen molar-refractivity contribution in [2.45, 2.75) is 24.3 Å². The number of hydrogen-bond acceptors (Lipinski definition) is 4. The molecule has 1 aliphatic rings. The SMILES string of the molecule is CCC1COCCN1S(=O)(=O)c1cc(N)c(F)cc1F. The Morgan fingerprint density at radius 1 is 1.40 bits per heavy atom. The fourth-order valence-electron chi connectivity index (χ4n) is 2.15. The summed E-state index contributed by atoms with van der Waals surface area (Å²) in [6, 6.07) is 0.950. The summed E-state index contributed by atoms with van der Waals surface area (Å²) in [7, 11) is -4.06. The summed E-state index contributed by atoms with van der Waals surface area (Å²) < 4.78 is 58.3. The fourth-order valence-corrected chi connectivity index (χ4v) is 3.90. The molecule has 1 heterocycles. The van der Waals surface area contributed by atoms with Crippen molar-refractivity contribution >= 4 is 15.7 Å². The Labute approximate surface area is 116 Å².